The molecule has 1 aliphatic rings. The average Bonchev–Trinajstić information content (AvgIpc) is 2.46. The Hall–Kier alpha value is -1.43. The first-order valence-electron chi connectivity index (χ1n) is 7.16. The molecule has 0 aliphatic carbocycles. The van der Waals surface area contributed by atoms with Crippen molar-refractivity contribution < 1.29 is 9.00 Å². The summed E-state index contributed by atoms with van der Waals surface area (Å²) in [6.45, 7) is 7.36. The summed E-state index contributed by atoms with van der Waals surface area (Å²) >= 11 is 0. The number of carbonyl (C=O) groups is 1. The maximum absolute atomic E-state index is 12.6. The molecule has 0 atom stereocenters. The van der Waals surface area contributed by atoms with E-state index in [1.165, 1.54) is 0 Å². The summed E-state index contributed by atoms with van der Waals surface area (Å²) in [5.74, 6) is 1.84. The highest BCUT2D eigenvalue weighted by Crippen LogP contribution is 2.24. The topological polar surface area (TPSA) is 62.3 Å². The summed E-state index contributed by atoms with van der Waals surface area (Å²) in [6.07, 6.45) is 0. The van der Waals surface area contributed by atoms with E-state index in [1.807, 2.05) is 6.07 Å². The lowest BCUT2D eigenvalue weighted by Gasteiger charge is -2.27. The molecule has 5 nitrogen and oxygen atoms in total. The molecule has 2 rings (SSSR count). The smallest absolute Gasteiger partial charge is 0.254 e. The second-order valence-corrected chi connectivity index (χ2v) is 7.96. The Kier molecular flexibility index (Phi) is 4.66. The van der Waals surface area contributed by atoms with Crippen molar-refractivity contribution >= 4 is 22.5 Å². The maximum Gasteiger partial charge on any atom is 0.254 e. The summed E-state index contributed by atoms with van der Waals surface area (Å²) in [4.78, 5) is 18.9. The molecule has 1 aliphatic heterocycles. The molecule has 1 N–H and O–H groups in total. The van der Waals surface area contributed by atoms with E-state index in [1.54, 1.807) is 18.0 Å². The number of hydrogen-bond acceptors (Lipinski definition) is 4. The van der Waals surface area contributed by atoms with Crippen LogP contribution in [-0.4, -0.2) is 51.6 Å². The highest BCUT2D eigenvalue weighted by molar-refractivity contribution is 7.85. The zero-order valence-electron chi connectivity index (χ0n) is 13.1. The molecule has 6 heteroatoms. The van der Waals surface area contributed by atoms with Crippen LogP contribution in [0.2, 0.25) is 0 Å². The van der Waals surface area contributed by atoms with Gasteiger partial charge >= 0.3 is 0 Å². The monoisotopic (exact) mass is 309 g/mol. The highest BCUT2D eigenvalue weighted by atomic mass is 32.2. The molecular weight excluding hydrogens is 286 g/mol. The Morgan fingerprint density at radius 2 is 1.90 bits per heavy atom. The number of pyridine rings is 1. The zero-order chi connectivity index (χ0) is 15.6. The van der Waals surface area contributed by atoms with Gasteiger partial charge in [-0.3, -0.25) is 9.00 Å². The molecule has 0 spiro atoms. The normalized spacial score (nSPS) is 16.9. The SMILES string of the molecule is CNc1cc(C(=O)N2CCS(=O)CC2)cc(C(C)(C)C)n1. The van der Waals surface area contributed by atoms with Crippen molar-refractivity contribution in [3.8, 4) is 0 Å². The Labute approximate surface area is 128 Å². The molecular formula is C15H23N3O2S. The number of anilines is 1. The highest BCUT2D eigenvalue weighted by Gasteiger charge is 2.24. The second kappa shape index (κ2) is 6.13. The van der Waals surface area contributed by atoms with Gasteiger partial charge in [-0.05, 0) is 12.1 Å². The van der Waals surface area contributed by atoms with Gasteiger partial charge < -0.3 is 10.2 Å². The molecule has 1 aromatic heterocycles. The number of aromatic nitrogens is 1. The van der Waals surface area contributed by atoms with Gasteiger partial charge in [0.2, 0.25) is 0 Å². The Bertz CT molecular complexity index is 557. The predicted molar refractivity (Wildman–Crippen MR) is 86.3 cm³/mol. The van der Waals surface area contributed by atoms with Gasteiger partial charge in [0.05, 0.1) is 0 Å². The average molecular weight is 309 g/mol. The van der Waals surface area contributed by atoms with Gasteiger partial charge in [-0.25, -0.2) is 4.98 Å². The van der Waals surface area contributed by atoms with Crippen LogP contribution in [0.3, 0.4) is 0 Å². The van der Waals surface area contributed by atoms with Crippen LogP contribution in [0.1, 0.15) is 36.8 Å². The third-order valence-electron chi connectivity index (χ3n) is 3.56. The first-order chi connectivity index (χ1) is 9.81. The Morgan fingerprint density at radius 3 is 2.43 bits per heavy atom. The van der Waals surface area contributed by atoms with Gasteiger partial charge in [-0.15, -0.1) is 0 Å². The van der Waals surface area contributed by atoms with E-state index in [9.17, 15) is 9.00 Å². The molecule has 0 radical (unpaired) electrons. The lowest BCUT2D eigenvalue weighted by molar-refractivity contribution is 0.0771. The first kappa shape index (κ1) is 15.9. The number of nitrogens with zero attached hydrogens (tertiary/aromatic N) is 2. The van der Waals surface area contributed by atoms with Crippen LogP contribution in [-0.2, 0) is 16.2 Å². The second-order valence-electron chi connectivity index (χ2n) is 6.27. The van der Waals surface area contributed by atoms with Crippen LogP contribution in [0.4, 0.5) is 5.82 Å². The first-order valence-corrected chi connectivity index (χ1v) is 8.64. The summed E-state index contributed by atoms with van der Waals surface area (Å²) in [6, 6.07) is 3.65. The van der Waals surface area contributed by atoms with E-state index in [4.69, 9.17) is 0 Å². The fourth-order valence-corrected chi connectivity index (χ4v) is 3.24. The number of hydrogen-bond donors (Lipinski definition) is 1. The molecule has 1 aromatic rings. The van der Waals surface area contributed by atoms with Crippen LogP contribution in [0, 0.1) is 0 Å². The number of nitrogens with one attached hydrogen (secondary N) is 1. The van der Waals surface area contributed by atoms with Crippen molar-refractivity contribution in [3.05, 3.63) is 23.4 Å². The summed E-state index contributed by atoms with van der Waals surface area (Å²) < 4.78 is 11.4. The number of carbonyl (C=O) groups excluding carboxylic acids is 1. The van der Waals surface area contributed by atoms with E-state index in [0.29, 0.717) is 36.0 Å². The van der Waals surface area contributed by atoms with Crippen LogP contribution in [0.5, 0.6) is 0 Å². The standard InChI is InChI=1S/C15H23N3O2S/c1-15(2,3)12-9-11(10-13(16-4)17-12)14(19)18-5-7-21(20)8-6-18/h9-10H,5-8H2,1-4H3,(H,16,17). The lowest BCUT2D eigenvalue weighted by Crippen LogP contribution is -2.41. The molecule has 0 saturated carbocycles. The molecule has 1 amide bonds. The minimum atomic E-state index is -0.777. The van der Waals surface area contributed by atoms with E-state index in [-0.39, 0.29) is 11.3 Å². The summed E-state index contributed by atoms with van der Waals surface area (Å²) in [5, 5.41) is 3.01. The quantitative estimate of drug-likeness (QED) is 0.902. The van der Waals surface area contributed by atoms with E-state index in [2.05, 4.69) is 31.1 Å². The molecule has 2 heterocycles. The van der Waals surface area contributed by atoms with Crippen LogP contribution >= 0.6 is 0 Å². The predicted octanol–water partition coefficient (Wildman–Crippen LogP) is 1.63. The van der Waals surface area contributed by atoms with Crippen LogP contribution in [0.15, 0.2) is 12.1 Å². The van der Waals surface area contributed by atoms with Gasteiger partial charge in [0.25, 0.3) is 5.91 Å². The summed E-state index contributed by atoms with van der Waals surface area (Å²) in [7, 11) is 1.02. The maximum atomic E-state index is 12.6. The largest absolute Gasteiger partial charge is 0.373 e. The van der Waals surface area contributed by atoms with Gasteiger partial charge in [0, 0.05) is 59.1 Å². The molecule has 0 aromatic carbocycles. The Balaban J connectivity index is 2.30. The van der Waals surface area contributed by atoms with Crippen LogP contribution in [0.25, 0.3) is 0 Å². The van der Waals surface area contributed by atoms with Gasteiger partial charge in [-0.1, -0.05) is 20.8 Å². The van der Waals surface area contributed by atoms with Crippen LogP contribution < -0.4 is 5.32 Å². The molecule has 116 valence electrons. The summed E-state index contributed by atoms with van der Waals surface area (Å²) in [5.41, 5.74) is 1.41. The third-order valence-corrected chi connectivity index (χ3v) is 4.84. The molecule has 0 bridgehead atoms. The Morgan fingerprint density at radius 1 is 1.29 bits per heavy atom. The minimum absolute atomic E-state index is 0.00361. The lowest BCUT2D eigenvalue weighted by atomic mass is 9.90. The number of amides is 1. The van der Waals surface area contributed by atoms with Crippen molar-refractivity contribution in [2.45, 2.75) is 26.2 Å². The molecule has 1 saturated heterocycles. The zero-order valence-corrected chi connectivity index (χ0v) is 13.9. The molecule has 0 unspecified atom stereocenters. The fourth-order valence-electron chi connectivity index (χ4n) is 2.19. The fraction of sp³-hybridized carbons (Fsp3) is 0.600. The van der Waals surface area contributed by atoms with Crippen molar-refractivity contribution in [3.63, 3.8) is 0 Å². The minimum Gasteiger partial charge on any atom is -0.373 e. The van der Waals surface area contributed by atoms with Gasteiger partial charge in [0.15, 0.2) is 0 Å². The van der Waals surface area contributed by atoms with Crippen molar-refractivity contribution in [2.24, 2.45) is 0 Å². The van der Waals surface area contributed by atoms with Crippen molar-refractivity contribution in [2.75, 3.05) is 37.0 Å². The van der Waals surface area contributed by atoms with E-state index in [0.717, 1.165) is 5.69 Å². The van der Waals surface area contributed by atoms with Gasteiger partial charge in [0.1, 0.15) is 5.82 Å². The van der Waals surface area contributed by atoms with E-state index >= 15 is 0 Å². The van der Waals surface area contributed by atoms with Crippen molar-refractivity contribution in [1.82, 2.24) is 9.88 Å². The van der Waals surface area contributed by atoms with Crippen molar-refractivity contribution in [1.29, 1.82) is 0 Å². The molecule has 1 fully saturated rings. The third kappa shape index (κ3) is 3.81. The molecule has 21 heavy (non-hydrogen) atoms. The van der Waals surface area contributed by atoms with Gasteiger partial charge in [-0.2, -0.15) is 0 Å². The van der Waals surface area contributed by atoms with E-state index < -0.39 is 10.8 Å². The number of rotatable bonds is 2.